The van der Waals surface area contributed by atoms with Gasteiger partial charge in [0, 0.05) is 38.6 Å². The molecule has 0 N–H and O–H groups in total. The van der Waals surface area contributed by atoms with E-state index in [1.165, 1.54) is 61.4 Å². The number of benzene rings is 7. The number of nitrogens with zero attached hydrogens (tertiary/aromatic N) is 2. The molecule has 0 amide bonds. The summed E-state index contributed by atoms with van der Waals surface area (Å²) in [6.45, 7) is 10.8. The first kappa shape index (κ1) is 33.1. The van der Waals surface area contributed by atoms with E-state index >= 15 is 0 Å². The van der Waals surface area contributed by atoms with Crippen molar-refractivity contribution in [2.45, 2.75) is 34.6 Å². The maximum atomic E-state index is 3.56. The lowest BCUT2D eigenvalue weighted by Gasteiger charge is -2.28. The van der Waals surface area contributed by atoms with Crippen LogP contribution in [0.3, 0.4) is 0 Å². The minimum atomic E-state index is 1.08. The van der Waals surface area contributed by atoms with E-state index in [4.69, 9.17) is 0 Å². The van der Waals surface area contributed by atoms with Gasteiger partial charge in [0.15, 0.2) is 0 Å². The summed E-state index contributed by atoms with van der Waals surface area (Å²) in [6, 6.07) is 57.3. The van der Waals surface area contributed by atoms with Crippen LogP contribution in [0, 0.1) is 34.6 Å². The quantitative estimate of drug-likeness (QED) is 0.155. The second-order valence-electron chi connectivity index (χ2n) is 13.2. The molecule has 0 spiro atoms. The lowest BCUT2D eigenvalue weighted by molar-refractivity contribution is 1.23. The van der Waals surface area contributed by atoms with Crippen LogP contribution in [0.25, 0.3) is 22.3 Å². The maximum Gasteiger partial charge on any atom is 0.0490 e. The monoisotopic (exact) mass is 712 g/mol. The summed E-state index contributed by atoms with van der Waals surface area (Å²) >= 11 is 3.56. The van der Waals surface area contributed by atoms with Gasteiger partial charge in [0.05, 0.1) is 0 Å². The first-order chi connectivity index (χ1) is 24.2. The van der Waals surface area contributed by atoms with Crippen molar-refractivity contribution in [2.75, 3.05) is 9.80 Å². The zero-order valence-corrected chi connectivity index (χ0v) is 30.9. The molecule has 7 aromatic carbocycles. The van der Waals surface area contributed by atoms with Crippen LogP contribution in [0.15, 0.2) is 162 Å². The molecule has 246 valence electrons. The average molecular weight is 714 g/mol. The van der Waals surface area contributed by atoms with Gasteiger partial charge in [-0.15, -0.1) is 0 Å². The van der Waals surface area contributed by atoms with Crippen LogP contribution < -0.4 is 9.80 Å². The van der Waals surface area contributed by atoms with Crippen LogP contribution in [-0.4, -0.2) is 0 Å². The molecular formula is C47H41BrN2. The SMILES string of the molecule is Cc1ccc(N(c2ccc(-c3ccc(N(c4ccc(-c5ccc(Br)cc5)cc4)c4ccc(C)cc4C)cc3)cc2)c2ccc(C)cc2C)cc1. The molecule has 0 aliphatic rings. The molecule has 0 heterocycles. The lowest BCUT2D eigenvalue weighted by atomic mass is 10.0. The number of hydrogen-bond donors (Lipinski definition) is 0. The largest absolute Gasteiger partial charge is 0.310 e. The zero-order chi connectivity index (χ0) is 34.8. The van der Waals surface area contributed by atoms with Crippen molar-refractivity contribution in [2.24, 2.45) is 0 Å². The molecule has 0 saturated heterocycles. The van der Waals surface area contributed by atoms with Crippen molar-refractivity contribution in [3.05, 3.63) is 190 Å². The van der Waals surface area contributed by atoms with E-state index in [9.17, 15) is 0 Å². The van der Waals surface area contributed by atoms with Crippen molar-refractivity contribution < 1.29 is 0 Å². The Labute approximate surface area is 305 Å². The van der Waals surface area contributed by atoms with Gasteiger partial charge in [0.2, 0.25) is 0 Å². The van der Waals surface area contributed by atoms with Crippen LogP contribution >= 0.6 is 15.9 Å². The fourth-order valence-electron chi connectivity index (χ4n) is 6.71. The summed E-state index contributed by atoms with van der Waals surface area (Å²) in [5.74, 6) is 0. The molecular weight excluding hydrogens is 672 g/mol. The van der Waals surface area contributed by atoms with Gasteiger partial charge < -0.3 is 9.80 Å². The van der Waals surface area contributed by atoms with Gasteiger partial charge in [0.1, 0.15) is 0 Å². The highest BCUT2D eigenvalue weighted by Crippen LogP contribution is 2.40. The molecule has 0 bridgehead atoms. The predicted octanol–water partition coefficient (Wildman–Crippen LogP) is 14.3. The maximum absolute atomic E-state index is 3.56. The van der Waals surface area contributed by atoms with Gasteiger partial charge in [-0.3, -0.25) is 0 Å². The van der Waals surface area contributed by atoms with Gasteiger partial charge in [-0.2, -0.15) is 0 Å². The third-order valence-corrected chi connectivity index (χ3v) is 9.89. The number of aryl methyl sites for hydroxylation is 5. The van der Waals surface area contributed by atoms with Gasteiger partial charge in [-0.1, -0.05) is 118 Å². The second kappa shape index (κ2) is 14.2. The molecule has 50 heavy (non-hydrogen) atoms. The molecule has 7 aromatic rings. The van der Waals surface area contributed by atoms with E-state index in [-0.39, 0.29) is 0 Å². The standard InChI is InChI=1S/C47H41BrN2/c1-32-6-20-42(21-7-32)49(46-28-8-33(2)30-35(46)4)43-24-14-39(15-25-43)40-16-26-45(27-17-40)50(47-29-9-34(3)31-36(47)5)44-22-12-38(13-23-44)37-10-18-41(48)19-11-37/h6-31H,1-5H3. The molecule has 0 aromatic heterocycles. The molecule has 0 aliphatic carbocycles. The Balaban J connectivity index is 1.21. The topological polar surface area (TPSA) is 6.48 Å². The van der Waals surface area contributed by atoms with Crippen molar-refractivity contribution in [3.63, 3.8) is 0 Å². The average Bonchev–Trinajstić information content (AvgIpc) is 3.12. The first-order valence-corrected chi connectivity index (χ1v) is 17.9. The van der Waals surface area contributed by atoms with E-state index in [0.29, 0.717) is 0 Å². The summed E-state index contributed by atoms with van der Waals surface area (Å²) in [6.07, 6.45) is 0. The molecule has 0 radical (unpaired) electrons. The van der Waals surface area contributed by atoms with Gasteiger partial charge >= 0.3 is 0 Å². The molecule has 0 aliphatic heterocycles. The smallest absolute Gasteiger partial charge is 0.0490 e. The van der Waals surface area contributed by atoms with E-state index in [2.05, 4.69) is 218 Å². The third-order valence-electron chi connectivity index (χ3n) is 9.37. The Morgan fingerprint density at radius 1 is 0.320 bits per heavy atom. The zero-order valence-electron chi connectivity index (χ0n) is 29.3. The van der Waals surface area contributed by atoms with Gasteiger partial charge in [-0.05, 0) is 141 Å². The summed E-state index contributed by atoms with van der Waals surface area (Å²) in [5, 5.41) is 0. The second-order valence-corrected chi connectivity index (χ2v) is 14.1. The Kier molecular flexibility index (Phi) is 9.43. The van der Waals surface area contributed by atoms with E-state index < -0.39 is 0 Å². The van der Waals surface area contributed by atoms with E-state index in [1.807, 2.05) is 0 Å². The normalized spacial score (nSPS) is 11.0. The summed E-state index contributed by atoms with van der Waals surface area (Å²) in [5.41, 5.74) is 17.9. The van der Waals surface area contributed by atoms with Crippen LogP contribution in [0.4, 0.5) is 34.1 Å². The first-order valence-electron chi connectivity index (χ1n) is 17.1. The molecule has 0 saturated carbocycles. The van der Waals surface area contributed by atoms with Crippen LogP contribution in [-0.2, 0) is 0 Å². The fraction of sp³-hybridized carbons (Fsp3) is 0.106. The molecule has 0 atom stereocenters. The predicted molar refractivity (Wildman–Crippen MR) is 218 cm³/mol. The van der Waals surface area contributed by atoms with Crippen LogP contribution in [0.2, 0.25) is 0 Å². The number of hydrogen-bond acceptors (Lipinski definition) is 2. The molecule has 0 unspecified atom stereocenters. The minimum Gasteiger partial charge on any atom is -0.310 e. The van der Waals surface area contributed by atoms with E-state index in [0.717, 1.165) is 27.2 Å². The molecule has 2 nitrogen and oxygen atoms in total. The minimum absolute atomic E-state index is 1.08. The number of anilines is 6. The fourth-order valence-corrected chi connectivity index (χ4v) is 6.98. The molecule has 0 fully saturated rings. The number of halogens is 1. The van der Waals surface area contributed by atoms with Gasteiger partial charge in [-0.25, -0.2) is 0 Å². The Hall–Kier alpha value is -5.38. The summed E-state index contributed by atoms with van der Waals surface area (Å²) in [4.78, 5) is 4.71. The Morgan fingerprint density at radius 3 is 0.920 bits per heavy atom. The third kappa shape index (κ3) is 7.01. The molecule has 3 heteroatoms. The van der Waals surface area contributed by atoms with E-state index in [1.54, 1.807) is 0 Å². The van der Waals surface area contributed by atoms with Crippen molar-refractivity contribution in [1.29, 1.82) is 0 Å². The van der Waals surface area contributed by atoms with Gasteiger partial charge in [0.25, 0.3) is 0 Å². The Morgan fingerprint density at radius 2 is 0.600 bits per heavy atom. The highest BCUT2D eigenvalue weighted by Gasteiger charge is 2.17. The van der Waals surface area contributed by atoms with Crippen molar-refractivity contribution in [3.8, 4) is 22.3 Å². The molecule has 7 rings (SSSR count). The summed E-state index contributed by atoms with van der Waals surface area (Å²) in [7, 11) is 0. The van der Waals surface area contributed by atoms with Crippen LogP contribution in [0.5, 0.6) is 0 Å². The Bertz CT molecular complexity index is 2230. The number of rotatable bonds is 8. The van der Waals surface area contributed by atoms with Crippen molar-refractivity contribution >= 4 is 50.1 Å². The highest BCUT2D eigenvalue weighted by molar-refractivity contribution is 9.10. The lowest BCUT2D eigenvalue weighted by Crippen LogP contribution is -2.11. The van der Waals surface area contributed by atoms with Crippen LogP contribution in [0.1, 0.15) is 27.8 Å². The highest BCUT2D eigenvalue weighted by atomic mass is 79.9. The van der Waals surface area contributed by atoms with Crippen molar-refractivity contribution in [1.82, 2.24) is 0 Å². The summed E-state index contributed by atoms with van der Waals surface area (Å²) < 4.78 is 1.08.